The lowest BCUT2D eigenvalue weighted by atomic mass is 9.73. The fraction of sp³-hybridized carbons (Fsp3) is 0.500. The van der Waals surface area contributed by atoms with E-state index in [0.29, 0.717) is 17.8 Å². The summed E-state index contributed by atoms with van der Waals surface area (Å²) in [5.74, 6) is 2.10. The lowest BCUT2D eigenvalue weighted by Crippen LogP contribution is -2.54. The maximum atomic E-state index is 12.8. The van der Waals surface area contributed by atoms with E-state index < -0.39 is 0 Å². The number of nitrogens with zero attached hydrogens (tertiary/aromatic N) is 4. The van der Waals surface area contributed by atoms with E-state index in [2.05, 4.69) is 15.4 Å². The van der Waals surface area contributed by atoms with Crippen LogP contribution in [0.15, 0.2) is 24.4 Å². The predicted octanol–water partition coefficient (Wildman–Crippen LogP) is 3.29. The second-order valence-corrected chi connectivity index (χ2v) is 6.94. The fourth-order valence-electron chi connectivity index (χ4n) is 3.82. The fourth-order valence-corrected chi connectivity index (χ4v) is 3.82. The van der Waals surface area contributed by atoms with Crippen molar-refractivity contribution in [2.24, 2.45) is 5.92 Å². The van der Waals surface area contributed by atoms with Crippen molar-refractivity contribution in [1.29, 1.82) is 0 Å². The first-order valence-corrected chi connectivity index (χ1v) is 8.69. The molecule has 1 saturated heterocycles. The number of aryl methyl sites for hydroxylation is 2. The summed E-state index contributed by atoms with van der Waals surface area (Å²) in [6, 6.07) is 6.21. The number of amides is 2. The highest BCUT2D eigenvalue weighted by atomic mass is 16.2. The summed E-state index contributed by atoms with van der Waals surface area (Å²) in [5, 5.41) is 7.54. The number of piperidine rings is 1. The normalized spacial score (nSPS) is 22.7. The number of carbonyl (C=O) groups is 1. The van der Waals surface area contributed by atoms with E-state index in [9.17, 15) is 4.79 Å². The molecule has 3 heterocycles. The molecule has 0 radical (unpaired) electrons. The van der Waals surface area contributed by atoms with Crippen molar-refractivity contribution in [3.63, 3.8) is 0 Å². The van der Waals surface area contributed by atoms with Gasteiger partial charge < -0.3 is 4.90 Å². The third kappa shape index (κ3) is 2.66. The van der Waals surface area contributed by atoms with Crippen molar-refractivity contribution < 1.29 is 4.79 Å². The van der Waals surface area contributed by atoms with Crippen LogP contribution in [0.5, 0.6) is 0 Å². The van der Waals surface area contributed by atoms with Gasteiger partial charge in [-0.05, 0) is 63.1 Å². The lowest BCUT2D eigenvalue weighted by molar-refractivity contribution is 0.0522. The van der Waals surface area contributed by atoms with E-state index >= 15 is 0 Å². The van der Waals surface area contributed by atoms with Crippen LogP contribution in [0.4, 0.5) is 10.6 Å². The zero-order chi connectivity index (χ0) is 16.7. The van der Waals surface area contributed by atoms with Crippen LogP contribution in [0.2, 0.25) is 0 Å². The number of nitrogens with one attached hydrogen (secondary N) is 1. The summed E-state index contributed by atoms with van der Waals surface area (Å²) < 4.78 is 1.71. The van der Waals surface area contributed by atoms with Gasteiger partial charge in [0.15, 0.2) is 5.82 Å². The van der Waals surface area contributed by atoms with Crippen LogP contribution in [0.3, 0.4) is 0 Å². The highest BCUT2D eigenvalue weighted by Crippen LogP contribution is 2.39. The molecule has 0 aromatic carbocycles. The number of pyridine rings is 1. The maximum absolute atomic E-state index is 12.8. The van der Waals surface area contributed by atoms with Gasteiger partial charge in [-0.25, -0.2) is 9.78 Å². The van der Waals surface area contributed by atoms with Gasteiger partial charge in [0.05, 0.1) is 5.69 Å². The second kappa shape index (κ2) is 5.92. The van der Waals surface area contributed by atoms with Crippen LogP contribution in [0, 0.1) is 19.8 Å². The molecule has 1 aliphatic carbocycles. The monoisotopic (exact) mass is 325 g/mol. The van der Waals surface area contributed by atoms with Gasteiger partial charge in [-0.2, -0.15) is 9.78 Å². The molecule has 2 fully saturated rings. The Kier molecular flexibility index (Phi) is 3.75. The van der Waals surface area contributed by atoms with Crippen molar-refractivity contribution >= 4 is 11.8 Å². The van der Waals surface area contributed by atoms with Crippen molar-refractivity contribution in [1.82, 2.24) is 19.7 Å². The Morgan fingerprint density at radius 3 is 2.88 bits per heavy atom. The van der Waals surface area contributed by atoms with Crippen LogP contribution in [0.25, 0.3) is 5.82 Å². The molecule has 1 N–H and O–H groups in total. The smallest absolute Gasteiger partial charge is 0.321 e. The molecule has 1 saturated carbocycles. The zero-order valence-electron chi connectivity index (χ0n) is 14.2. The molecule has 2 aromatic heterocycles. The van der Waals surface area contributed by atoms with Gasteiger partial charge in [-0.15, -0.1) is 0 Å². The minimum Gasteiger partial charge on any atom is -0.321 e. The van der Waals surface area contributed by atoms with E-state index in [-0.39, 0.29) is 6.03 Å². The highest BCUT2D eigenvalue weighted by Gasteiger charge is 2.40. The molecule has 126 valence electrons. The van der Waals surface area contributed by atoms with Crippen molar-refractivity contribution in [2.75, 3.05) is 11.9 Å². The molecule has 0 bridgehead atoms. The number of fused-ring (bicyclic) bond motifs is 1. The summed E-state index contributed by atoms with van der Waals surface area (Å²) in [5.41, 5.74) is 1.97. The first-order valence-electron chi connectivity index (χ1n) is 8.69. The highest BCUT2D eigenvalue weighted by molar-refractivity contribution is 5.89. The largest absolute Gasteiger partial charge is 0.323 e. The summed E-state index contributed by atoms with van der Waals surface area (Å²) in [6.45, 7) is 4.79. The molecule has 6 nitrogen and oxygen atoms in total. The Hall–Kier alpha value is -2.37. The first-order chi connectivity index (χ1) is 11.6. The van der Waals surface area contributed by atoms with E-state index in [1.54, 1.807) is 10.9 Å². The minimum atomic E-state index is -0.0156. The van der Waals surface area contributed by atoms with E-state index in [1.165, 1.54) is 12.8 Å². The standard InChI is InChI=1S/C18H23N5O/c1-12-7-8-19-16(10-12)23-17(11-13(2)21-23)20-18(24)22-9-3-4-14-5-6-15(14)22/h7-8,10-11,14-15H,3-6,9H2,1-2H3,(H,20,24)/t14-,15+/m1/s1. The molecule has 2 atom stereocenters. The summed E-state index contributed by atoms with van der Waals surface area (Å²) in [7, 11) is 0. The molecule has 1 aliphatic heterocycles. The first kappa shape index (κ1) is 15.2. The number of likely N-dealkylation sites (tertiary alicyclic amines) is 1. The van der Waals surface area contributed by atoms with Crippen LogP contribution in [-0.4, -0.2) is 38.3 Å². The molecule has 4 rings (SSSR count). The van der Waals surface area contributed by atoms with Crippen LogP contribution in [0.1, 0.15) is 36.9 Å². The third-order valence-corrected chi connectivity index (χ3v) is 5.20. The molecule has 6 heteroatoms. The Bertz CT molecular complexity index is 769. The van der Waals surface area contributed by atoms with Gasteiger partial charge in [-0.3, -0.25) is 5.32 Å². The molecule has 2 aliphatic rings. The van der Waals surface area contributed by atoms with Crippen LogP contribution >= 0.6 is 0 Å². The zero-order valence-corrected chi connectivity index (χ0v) is 14.2. The van der Waals surface area contributed by atoms with Gasteiger partial charge in [0, 0.05) is 24.8 Å². The molecule has 24 heavy (non-hydrogen) atoms. The molecule has 0 unspecified atom stereocenters. The molecular weight excluding hydrogens is 302 g/mol. The van der Waals surface area contributed by atoms with E-state index in [4.69, 9.17) is 0 Å². The average molecular weight is 325 g/mol. The maximum Gasteiger partial charge on any atom is 0.323 e. The lowest BCUT2D eigenvalue weighted by Gasteiger charge is -2.48. The average Bonchev–Trinajstić information content (AvgIpc) is 2.88. The number of rotatable bonds is 2. The Labute approximate surface area is 141 Å². The Balaban J connectivity index is 1.57. The molecule has 2 aromatic rings. The van der Waals surface area contributed by atoms with Gasteiger partial charge in [0.25, 0.3) is 0 Å². The number of anilines is 1. The topological polar surface area (TPSA) is 63.1 Å². The quantitative estimate of drug-likeness (QED) is 0.921. The summed E-state index contributed by atoms with van der Waals surface area (Å²) >= 11 is 0. The van der Waals surface area contributed by atoms with Crippen molar-refractivity contribution in [3.8, 4) is 5.82 Å². The van der Waals surface area contributed by atoms with Crippen LogP contribution in [-0.2, 0) is 0 Å². The SMILES string of the molecule is Cc1ccnc(-n2nc(C)cc2NC(=O)N2CCC[C@@H]3CC[C@@H]32)c1. The summed E-state index contributed by atoms with van der Waals surface area (Å²) in [4.78, 5) is 19.2. The number of hydrogen-bond acceptors (Lipinski definition) is 3. The Morgan fingerprint density at radius 2 is 2.12 bits per heavy atom. The van der Waals surface area contributed by atoms with Gasteiger partial charge in [-0.1, -0.05) is 0 Å². The van der Waals surface area contributed by atoms with Crippen molar-refractivity contribution in [3.05, 3.63) is 35.7 Å². The minimum absolute atomic E-state index is 0.0156. The molecule has 0 spiro atoms. The van der Waals surface area contributed by atoms with E-state index in [0.717, 1.165) is 36.5 Å². The number of hydrogen-bond donors (Lipinski definition) is 1. The Morgan fingerprint density at radius 1 is 1.25 bits per heavy atom. The van der Waals surface area contributed by atoms with Crippen molar-refractivity contribution in [2.45, 2.75) is 45.6 Å². The van der Waals surface area contributed by atoms with Gasteiger partial charge >= 0.3 is 6.03 Å². The summed E-state index contributed by atoms with van der Waals surface area (Å²) in [6.07, 6.45) is 6.52. The van der Waals surface area contributed by atoms with Crippen LogP contribution < -0.4 is 5.32 Å². The van der Waals surface area contributed by atoms with Gasteiger partial charge in [0.2, 0.25) is 0 Å². The second-order valence-electron chi connectivity index (χ2n) is 6.94. The van der Waals surface area contributed by atoms with Gasteiger partial charge in [0.1, 0.15) is 5.82 Å². The third-order valence-electron chi connectivity index (χ3n) is 5.20. The number of urea groups is 1. The number of carbonyl (C=O) groups excluding carboxylic acids is 1. The molecular formula is C18H23N5O. The van der Waals surface area contributed by atoms with E-state index in [1.807, 2.05) is 36.9 Å². The predicted molar refractivity (Wildman–Crippen MR) is 92.3 cm³/mol. The number of aromatic nitrogens is 3. The molecule has 2 amide bonds.